The van der Waals surface area contributed by atoms with E-state index in [4.69, 9.17) is 11.6 Å². The highest BCUT2D eigenvalue weighted by molar-refractivity contribution is 6.30. The first kappa shape index (κ1) is 11.8. The van der Waals surface area contributed by atoms with Crippen molar-refractivity contribution in [2.45, 2.75) is 13.0 Å². The summed E-state index contributed by atoms with van der Waals surface area (Å²) in [4.78, 5) is 15.6. The highest BCUT2D eigenvalue weighted by Crippen LogP contribution is 2.16. The summed E-state index contributed by atoms with van der Waals surface area (Å²) < 4.78 is 14.9. The van der Waals surface area contributed by atoms with Crippen molar-refractivity contribution in [3.05, 3.63) is 53.3 Å². The number of rotatable bonds is 4. The summed E-state index contributed by atoms with van der Waals surface area (Å²) in [6.45, 7) is 0.531. The fourth-order valence-electron chi connectivity index (χ4n) is 1.46. The van der Waals surface area contributed by atoms with Crippen LogP contribution in [-0.2, 0) is 6.54 Å². The Kier molecular flexibility index (Phi) is 3.54. The third-order valence-electron chi connectivity index (χ3n) is 2.40. The molecule has 0 bridgehead atoms. The van der Waals surface area contributed by atoms with Gasteiger partial charge in [-0.1, -0.05) is 11.6 Å². The van der Waals surface area contributed by atoms with Gasteiger partial charge in [-0.15, -0.1) is 0 Å². The van der Waals surface area contributed by atoms with Gasteiger partial charge in [0.05, 0.1) is 11.3 Å². The van der Waals surface area contributed by atoms with E-state index >= 15 is 0 Å². The number of benzene rings is 1. The van der Waals surface area contributed by atoms with Gasteiger partial charge >= 0.3 is 0 Å². The molecule has 1 aromatic carbocycles. The monoisotopic (exact) mass is 252 g/mol. The number of halogens is 2. The van der Waals surface area contributed by atoms with Gasteiger partial charge in [0, 0.05) is 30.9 Å². The summed E-state index contributed by atoms with van der Waals surface area (Å²) in [6, 6.07) is 4.08. The fraction of sp³-hybridized carbons (Fsp3) is 0.167. The number of imidazole rings is 1. The maximum absolute atomic E-state index is 13.2. The van der Waals surface area contributed by atoms with Gasteiger partial charge in [0.25, 0.3) is 0 Å². The van der Waals surface area contributed by atoms with Gasteiger partial charge in [-0.25, -0.2) is 9.37 Å². The van der Waals surface area contributed by atoms with E-state index in [2.05, 4.69) is 4.98 Å². The number of nitrogens with zero attached hydrogens (tertiary/aromatic N) is 2. The first-order chi connectivity index (χ1) is 8.16. The van der Waals surface area contributed by atoms with Crippen LogP contribution in [0.1, 0.15) is 16.8 Å². The molecule has 0 aliphatic heterocycles. The largest absolute Gasteiger partial charge is 0.337 e. The van der Waals surface area contributed by atoms with Crippen LogP contribution in [0.4, 0.5) is 4.39 Å². The van der Waals surface area contributed by atoms with Gasteiger partial charge in [0.1, 0.15) is 5.82 Å². The average molecular weight is 253 g/mol. The molecule has 1 aromatic heterocycles. The lowest BCUT2D eigenvalue weighted by atomic mass is 10.1. The Morgan fingerprint density at radius 3 is 2.94 bits per heavy atom. The number of carbonyl (C=O) groups excluding carboxylic acids is 1. The Morgan fingerprint density at radius 1 is 1.47 bits per heavy atom. The minimum atomic E-state index is -0.569. The Bertz CT molecular complexity index is 525. The lowest BCUT2D eigenvalue weighted by molar-refractivity contribution is 0.0976. The molecule has 0 aliphatic rings. The van der Waals surface area contributed by atoms with E-state index in [1.165, 1.54) is 18.2 Å². The molecule has 0 aliphatic carbocycles. The first-order valence-corrected chi connectivity index (χ1v) is 5.48. The fourth-order valence-corrected chi connectivity index (χ4v) is 1.58. The molecule has 2 rings (SSSR count). The second-order valence-electron chi connectivity index (χ2n) is 3.60. The molecule has 0 saturated carbocycles. The minimum absolute atomic E-state index is 0.0242. The quantitative estimate of drug-likeness (QED) is 0.784. The molecule has 0 saturated heterocycles. The van der Waals surface area contributed by atoms with Crippen LogP contribution < -0.4 is 0 Å². The molecule has 17 heavy (non-hydrogen) atoms. The molecule has 0 N–H and O–H groups in total. The van der Waals surface area contributed by atoms with Gasteiger partial charge in [-0.2, -0.15) is 0 Å². The molecule has 0 unspecified atom stereocenters. The van der Waals surface area contributed by atoms with Crippen molar-refractivity contribution in [3.8, 4) is 0 Å². The molecule has 0 radical (unpaired) electrons. The molecule has 0 amide bonds. The van der Waals surface area contributed by atoms with Crippen LogP contribution >= 0.6 is 11.6 Å². The molecular weight excluding hydrogens is 243 g/mol. The van der Waals surface area contributed by atoms with Gasteiger partial charge < -0.3 is 4.57 Å². The number of carbonyl (C=O) groups is 1. The van der Waals surface area contributed by atoms with E-state index in [9.17, 15) is 9.18 Å². The van der Waals surface area contributed by atoms with Crippen molar-refractivity contribution in [2.24, 2.45) is 0 Å². The van der Waals surface area contributed by atoms with Gasteiger partial charge in [0.15, 0.2) is 5.78 Å². The average Bonchev–Trinajstić information content (AvgIpc) is 2.82. The number of hydrogen-bond donors (Lipinski definition) is 0. The highest BCUT2D eigenvalue weighted by atomic mass is 35.5. The van der Waals surface area contributed by atoms with Crippen molar-refractivity contribution in [1.29, 1.82) is 0 Å². The van der Waals surface area contributed by atoms with Crippen LogP contribution in [0.15, 0.2) is 36.9 Å². The number of hydrogen-bond acceptors (Lipinski definition) is 2. The summed E-state index contributed by atoms with van der Waals surface area (Å²) >= 11 is 5.54. The molecule has 2 aromatic rings. The van der Waals surface area contributed by atoms with Crippen LogP contribution in [0.3, 0.4) is 0 Å². The van der Waals surface area contributed by atoms with E-state index in [0.29, 0.717) is 18.5 Å². The predicted octanol–water partition coefficient (Wildman–Crippen LogP) is 2.95. The van der Waals surface area contributed by atoms with Crippen LogP contribution in [-0.4, -0.2) is 15.3 Å². The molecule has 0 fully saturated rings. The molecular formula is C12H10ClFN2O. The SMILES string of the molecule is O=C(CCn1ccnc1)c1ccc(Cl)c(F)c1. The Labute approximate surface area is 103 Å². The topological polar surface area (TPSA) is 34.9 Å². The van der Waals surface area contributed by atoms with E-state index < -0.39 is 5.82 Å². The Morgan fingerprint density at radius 2 is 2.29 bits per heavy atom. The molecule has 1 heterocycles. The third-order valence-corrected chi connectivity index (χ3v) is 2.70. The van der Waals surface area contributed by atoms with Gasteiger partial charge in [-0.3, -0.25) is 4.79 Å². The summed E-state index contributed by atoms with van der Waals surface area (Å²) in [5.41, 5.74) is 0.340. The predicted molar refractivity (Wildman–Crippen MR) is 62.6 cm³/mol. The van der Waals surface area contributed by atoms with E-state index in [0.717, 1.165) is 0 Å². The summed E-state index contributed by atoms with van der Waals surface area (Å²) in [5.74, 6) is -0.686. The van der Waals surface area contributed by atoms with Gasteiger partial charge in [0.2, 0.25) is 0 Å². The number of aromatic nitrogens is 2. The van der Waals surface area contributed by atoms with Crippen LogP contribution in [0.2, 0.25) is 5.02 Å². The molecule has 3 nitrogen and oxygen atoms in total. The normalized spacial score (nSPS) is 10.5. The van der Waals surface area contributed by atoms with Gasteiger partial charge in [-0.05, 0) is 18.2 Å². The number of aryl methyl sites for hydroxylation is 1. The second-order valence-corrected chi connectivity index (χ2v) is 4.01. The van der Waals surface area contributed by atoms with Crippen molar-refractivity contribution < 1.29 is 9.18 Å². The first-order valence-electron chi connectivity index (χ1n) is 5.11. The van der Waals surface area contributed by atoms with E-state index in [-0.39, 0.29) is 10.8 Å². The van der Waals surface area contributed by atoms with E-state index in [1.54, 1.807) is 23.3 Å². The summed E-state index contributed by atoms with van der Waals surface area (Å²) in [5, 5.41) is 0.0242. The zero-order chi connectivity index (χ0) is 12.3. The maximum atomic E-state index is 13.2. The smallest absolute Gasteiger partial charge is 0.164 e. The zero-order valence-corrected chi connectivity index (χ0v) is 9.69. The summed E-state index contributed by atoms with van der Waals surface area (Å²) in [6.07, 6.45) is 5.36. The van der Waals surface area contributed by atoms with Crippen molar-refractivity contribution in [2.75, 3.05) is 0 Å². The Hall–Kier alpha value is -1.68. The highest BCUT2D eigenvalue weighted by Gasteiger charge is 2.08. The van der Waals surface area contributed by atoms with Crippen LogP contribution in [0, 0.1) is 5.82 Å². The molecule has 88 valence electrons. The lowest BCUT2D eigenvalue weighted by Crippen LogP contribution is -2.05. The zero-order valence-electron chi connectivity index (χ0n) is 8.94. The lowest BCUT2D eigenvalue weighted by Gasteiger charge is -2.03. The van der Waals surface area contributed by atoms with Crippen molar-refractivity contribution >= 4 is 17.4 Å². The molecule has 0 atom stereocenters. The Balaban J connectivity index is 2.02. The van der Waals surface area contributed by atoms with Crippen molar-refractivity contribution in [1.82, 2.24) is 9.55 Å². The maximum Gasteiger partial charge on any atom is 0.164 e. The molecule has 0 spiro atoms. The minimum Gasteiger partial charge on any atom is -0.337 e. The summed E-state index contributed by atoms with van der Waals surface area (Å²) in [7, 11) is 0. The number of Topliss-reactive ketones (excluding diaryl/α,β-unsaturated/α-hetero) is 1. The van der Waals surface area contributed by atoms with Crippen molar-refractivity contribution in [3.63, 3.8) is 0 Å². The molecule has 5 heteroatoms. The van der Waals surface area contributed by atoms with E-state index in [1.807, 2.05) is 0 Å². The van der Waals surface area contributed by atoms with Crippen LogP contribution in [0.25, 0.3) is 0 Å². The number of ketones is 1. The standard InChI is InChI=1S/C12H10ClFN2O/c13-10-2-1-9(7-11(10)14)12(17)3-5-16-6-4-15-8-16/h1-2,4,6-8H,3,5H2. The third kappa shape index (κ3) is 2.91. The second kappa shape index (κ2) is 5.10. The van der Waals surface area contributed by atoms with Crippen LogP contribution in [0.5, 0.6) is 0 Å².